The van der Waals surface area contributed by atoms with E-state index in [-0.39, 0.29) is 11.8 Å². The summed E-state index contributed by atoms with van der Waals surface area (Å²) >= 11 is 1.32. The van der Waals surface area contributed by atoms with Crippen molar-refractivity contribution in [3.05, 3.63) is 53.7 Å². The minimum atomic E-state index is -0.318. The lowest BCUT2D eigenvalue weighted by molar-refractivity contribution is -0.114. The molecule has 25 heavy (non-hydrogen) atoms. The predicted molar refractivity (Wildman–Crippen MR) is 99.4 cm³/mol. The predicted octanol–water partition coefficient (Wildman–Crippen LogP) is 2.21. The number of anilines is 2. The van der Waals surface area contributed by atoms with Gasteiger partial charge < -0.3 is 5.32 Å². The molecule has 3 aromatic rings. The summed E-state index contributed by atoms with van der Waals surface area (Å²) in [6.45, 7) is 1.46. The van der Waals surface area contributed by atoms with E-state index in [0.717, 1.165) is 11.3 Å². The number of amides is 2. The van der Waals surface area contributed by atoms with Crippen molar-refractivity contribution >= 4 is 47.3 Å². The molecule has 8 heteroatoms. The van der Waals surface area contributed by atoms with Crippen molar-refractivity contribution in [3.8, 4) is 11.3 Å². The van der Waals surface area contributed by atoms with Crippen LogP contribution in [0.3, 0.4) is 0 Å². The van der Waals surface area contributed by atoms with Gasteiger partial charge in [-0.1, -0.05) is 23.7 Å². The maximum Gasteiger partial charge on any atom is 0.258 e. The largest absolute Gasteiger partial charge is 0.326 e. The summed E-state index contributed by atoms with van der Waals surface area (Å²) in [5.41, 5.74) is 3.13. The Hall–Kier alpha value is -3.00. The molecule has 0 bridgehead atoms. The number of thiazole rings is 1. The highest BCUT2D eigenvalue weighted by atomic mass is 32.1. The molecule has 0 atom stereocenters. The average Bonchev–Trinajstić information content (AvgIpc) is 3.03. The molecule has 3 rings (SSSR count). The fourth-order valence-electron chi connectivity index (χ4n) is 2.14. The summed E-state index contributed by atoms with van der Waals surface area (Å²) in [5, 5.41) is 7.76. The molecular formula is C17H13BN4O2S. The maximum absolute atomic E-state index is 12.2. The highest BCUT2D eigenvalue weighted by molar-refractivity contribution is 7.14. The number of carbonyl (C=O) groups excluding carboxylic acids is 2. The van der Waals surface area contributed by atoms with Crippen LogP contribution in [0.25, 0.3) is 11.3 Å². The Bertz CT molecular complexity index is 924. The van der Waals surface area contributed by atoms with E-state index in [1.165, 1.54) is 30.7 Å². The van der Waals surface area contributed by atoms with E-state index >= 15 is 0 Å². The molecule has 0 unspecified atom stereocenters. The van der Waals surface area contributed by atoms with Crippen molar-refractivity contribution in [1.82, 2.24) is 9.97 Å². The topological polar surface area (TPSA) is 84.0 Å². The SMILES string of the molecule is [B]c1cncc(C(=O)Nc2nc(-c3ccc(NC(C)=O)cc3)cs2)c1. The van der Waals surface area contributed by atoms with Gasteiger partial charge in [0.25, 0.3) is 5.91 Å². The molecule has 0 fully saturated rings. The van der Waals surface area contributed by atoms with Gasteiger partial charge in [0.15, 0.2) is 5.13 Å². The second-order valence-electron chi connectivity index (χ2n) is 5.26. The van der Waals surface area contributed by atoms with Crippen molar-refractivity contribution in [3.63, 3.8) is 0 Å². The van der Waals surface area contributed by atoms with E-state index in [1.54, 1.807) is 18.2 Å². The summed E-state index contributed by atoms with van der Waals surface area (Å²) < 4.78 is 0. The van der Waals surface area contributed by atoms with Crippen molar-refractivity contribution in [2.45, 2.75) is 6.92 Å². The zero-order chi connectivity index (χ0) is 17.8. The van der Waals surface area contributed by atoms with E-state index in [9.17, 15) is 9.59 Å². The van der Waals surface area contributed by atoms with Gasteiger partial charge in [0.05, 0.1) is 11.3 Å². The standard InChI is InChI=1S/C17H13BN4O2S/c1-10(23)20-14-4-2-11(3-5-14)15-9-25-17(21-15)22-16(24)12-6-13(18)8-19-7-12/h2-9H,1H3,(H,20,23)(H,21,22,24). The molecule has 0 saturated heterocycles. The van der Waals surface area contributed by atoms with Gasteiger partial charge in [-0.05, 0) is 12.1 Å². The monoisotopic (exact) mass is 348 g/mol. The van der Waals surface area contributed by atoms with Crippen molar-refractivity contribution in [1.29, 1.82) is 0 Å². The summed E-state index contributed by atoms with van der Waals surface area (Å²) in [5.74, 6) is -0.441. The summed E-state index contributed by atoms with van der Waals surface area (Å²) in [6.07, 6.45) is 2.92. The Morgan fingerprint density at radius 1 is 1.12 bits per heavy atom. The van der Waals surface area contributed by atoms with Gasteiger partial charge in [0.2, 0.25) is 5.91 Å². The van der Waals surface area contributed by atoms with Crippen LogP contribution >= 0.6 is 11.3 Å². The molecule has 0 spiro atoms. The number of benzene rings is 1. The van der Waals surface area contributed by atoms with Crippen molar-refractivity contribution in [2.75, 3.05) is 10.6 Å². The van der Waals surface area contributed by atoms with Crippen molar-refractivity contribution < 1.29 is 9.59 Å². The van der Waals surface area contributed by atoms with Crippen LogP contribution in [0.5, 0.6) is 0 Å². The average molecular weight is 348 g/mol. The number of nitrogens with one attached hydrogen (secondary N) is 2. The Morgan fingerprint density at radius 3 is 2.56 bits per heavy atom. The highest BCUT2D eigenvalue weighted by Gasteiger charge is 2.10. The molecule has 2 radical (unpaired) electrons. The molecule has 0 aliphatic carbocycles. The van der Waals surface area contributed by atoms with Gasteiger partial charge in [-0.25, -0.2) is 4.98 Å². The van der Waals surface area contributed by atoms with Gasteiger partial charge in [0.1, 0.15) is 7.85 Å². The van der Waals surface area contributed by atoms with Crippen LogP contribution in [-0.2, 0) is 4.79 Å². The summed E-state index contributed by atoms with van der Waals surface area (Å²) in [7, 11) is 5.63. The van der Waals surface area contributed by atoms with Crippen LogP contribution in [0, 0.1) is 0 Å². The minimum Gasteiger partial charge on any atom is -0.326 e. The Labute approximate surface area is 149 Å². The van der Waals surface area contributed by atoms with Crippen LogP contribution < -0.4 is 16.1 Å². The minimum absolute atomic E-state index is 0.123. The lowest BCUT2D eigenvalue weighted by atomic mass is 9.97. The number of hydrogen-bond acceptors (Lipinski definition) is 5. The number of rotatable bonds is 4. The number of carbonyl (C=O) groups is 2. The quantitative estimate of drug-likeness (QED) is 0.708. The van der Waals surface area contributed by atoms with Crippen LogP contribution in [0.15, 0.2) is 48.1 Å². The first-order chi connectivity index (χ1) is 12.0. The maximum atomic E-state index is 12.2. The van der Waals surface area contributed by atoms with Gasteiger partial charge >= 0.3 is 0 Å². The smallest absolute Gasteiger partial charge is 0.258 e. The first-order valence-corrected chi connectivity index (χ1v) is 8.24. The molecule has 2 N–H and O–H groups in total. The van der Waals surface area contributed by atoms with E-state index in [4.69, 9.17) is 7.85 Å². The van der Waals surface area contributed by atoms with Gasteiger partial charge in [0, 0.05) is 35.9 Å². The van der Waals surface area contributed by atoms with Crippen LogP contribution in [-0.4, -0.2) is 29.6 Å². The zero-order valence-corrected chi connectivity index (χ0v) is 14.1. The molecule has 0 saturated carbocycles. The van der Waals surface area contributed by atoms with Gasteiger partial charge in [-0.15, -0.1) is 11.3 Å². The summed E-state index contributed by atoms with van der Waals surface area (Å²) in [6, 6.07) is 8.86. The fraction of sp³-hybridized carbons (Fsp3) is 0.0588. The van der Waals surface area contributed by atoms with E-state index in [2.05, 4.69) is 20.6 Å². The Kier molecular flexibility index (Phi) is 4.90. The lowest BCUT2D eigenvalue weighted by Crippen LogP contribution is -2.15. The van der Waals surface area contributed by atoms with Crippen molar-refractivity contribution in [2.24, 2.45) is 0 Å². The Morgan fingerprint density at radius 2 is 1.88 bits per heavy atom. The number of pyridine rings is 1. The molecule has 0 aliphatic rings. The first-order valence-electron chi connectivity index (χ1n) is 7.37. The molecule has 6 nitrogen and oxygen atoms in total. The third-order valence-electron chi connectivity index (χ3n) is 3.25. The van der Waals surface area contributed by atoms with Gasteiger partial charge in [-0.2, -0.15) is 0 Å². The zero-order valence-electron chi connectivity index (χ0n) is 13.3. The van der Waals surface area contributed by atoms with E-state index < -0.39 is 0 Å². The third-order valence-corrected chi connectivity index (χ3v) is 4.00. The molecule has 2 heterocycles. The number of nitrogens with zero attached hydrogens (tertiary/aromatic N) is 2. The molecule has 2 amide bonds. The third kappa shape index (κ3) is 4.30. The van der Waals surface area contributed by atoms with E-state index in [0.29, 0.717) is 21.8 Å². The second kappa shape index (κ2) is 7.27. The number of hydrogen-bond donors (Lipinski definition) is 2. The number of aromatic nitrogens is 2. The van der Waals surface area contributed by atoms with Crippen LogP contribution in [0.2, 0.25) is 0 Å². The normalized spacial score (nSPS) is 10.3. The molecule has 1 aromatic carbocycles. The summed E-state index contributed by atoms with van der Waals surface area (Å²) in [4.78, 5) is 31.5. The molecule has 122 valence electrons. The first kappa shape index (κ1) is 16.8. The van der Waals surface area contributed by atoms with E-state index in [1.807, 2.05) is 17.5 Å². The molecular weight excluding hydrogens is 335 g/mol. The van der Waals surface area contributed by atoms with Crippen LogP contribution in [0.4, 0.5) is 10.8 Å². The van der Waals surface area contributed by atoms with Gasteiger partial charge in [-0.3, -0.25) is 19.9 Å². The molecule has 0 aliphatic heterocycles. The highest BCUT2D eigenvalue weighted by Crippen LogP contribution is 2.26. The Balaban J connectivity index is 1.72. The van der Waals surface area contributed by atoms with Crippen LogP contribution in [0.1, 0.15) is 17.3 Å². The fourth-order valence-corrected chi connectivity index (χ4v) is 2.86. The molecule has 2 aromatic heterocycles. The second-order valence-corrected chi connectivity index (χ2v) is 6.12. The lowest BCUT2D eigenvalue weighted by Gasteiger charge is -2.03.